The van der Waals surface area contributed by atoms with Crippen LogP contribution in [0.2, 0.25) is 0 Å². The van der Waals surface area contributed by atoms with Gasteiger partial charge in [-0.2, -0.15) is 0 Å². The summed E-state index contributed by atoms with van der Waals surface area (Å²) in [5.41, 5.74) is 0.282. The lowest BCUT2D eigenvalue weighted by Gasteiger charge is -2.16. The van der Waals surface area contributed by atoms with Gasteiger partial charge in [0.15, 0.2) is 0 Å². The predicted octanol–water partition coefficient (Wildman–Crippen LogP) is 1.04. The molecule has 0 radical (unpaired) electrons. The van der Waals surface area contributed by atoms with Gasteiger partial charge in [-0.3, -0.25) is 9.59 Å². The molecule has 0 spiro atoms. The average Bonchev–Trinajstić information content (AvgIpc) is 2.64. The molecule has 0 fully saturated rings. The number of amides is 1. The van der Waals surface area contributed by atoms with E-state index >= 15 is 0 Å². The van der Waals surface area contributed by atoms with Crippen LogP contribution in [0.15, 0.2) is 0 Å². The molecule has 6 nitrogen and oxygen atoms in total. The molecule has 17 heavy (non-hydrogen) atoms. The number of nitrogens with one attached hydrogen (secondary N) is 1. The van der Waals surface area contributed by atoms with Gasteiger partial charge in [0, 0.05) is 5.41 Å². The van der Waals surface area contributed by atoms with E-state index in [-0.39, 0.29) is 5.41 Å². The highest BCUT2D eigenvalue weighted by molar-refractivity contribution is 7.08. The van der Waals surface area contributed by atoms with Crippen LogP contribution in [0, 0.1) is 0 Å². The van der Waals surface area contributed by atoms with Crippen molar-refractivity contribution in [3.05, 3.63) is 10.6 Å². The molecule has 0 aliphatic carbocycles. The third-order valence-corrected chi connectivity index (χ3v) is 2.85. The Balaban J connectivity index is 2.91. The highest BCUT2D eigenvalue weighted by Gasteiger charge is 2.27. The molecule has 0 aliphatic heterocycles. The van der Waals surface area contributed by atoms with Crippen molar-refractivity contribution in [3.63, 3.8) is 0 Å². The van der Waals surface area contributed by atoms with Crippen molar-refractivity contribution in [1.29, 1.82) is 0 Å². The lowest BCUT2D eigenvalue weighted by atomic mass is 9.91. The van der Waals surface area contributed by atoms with Gasteiger partial charge in [0.25, 0.3) is 5.91 Å². The number of carboxylic acids is 1. The molecular formula is C10H15N3O3S. The molecular weight excluding hydrogens is 242 g/mol. The van der Waals surface area contributed by atoms with Gasteiger partial charge in [-0.25, -0.2) is 0 Å². The largest absolute Gasteiger partial charge is 0.480 e. The number of carboxylic acid groups (broad SMARTS) is 1. The quantitative estimate of drug-likeness (QED) is 0.844. The topological polar surface area (TPSA) is 92.2 Å². The van der Waals surface area contributed by atoms with Crippen molar-refractivity contribution in [2.24, 2.45) is 0 Å². The second-order valence-corrected chi connectivity index (χ2v) is 5.49. The molecule has 0 unspecified atom stereocenters. The van der Waals surface area contributed by atoms with E-state index in [1.807, 2.05) is 20.8 Å². The van der Waals surface area contributed by atoms with Gasteiger partial charge in [-0.15, -0.1) is 5.10 Å². The summed E-state index contributed by atoms with van der Waals surface area (Å²) in [5, 5.41) is 15.0. The minimum absolute atomic E-state index is 0.299. The Kier molecular flexibility index (Phi) is 3.82. The first-order valence-corrected chi connectivity index (χ1v) is 5.87. The monoisotopic (exact) mass is 257 g/mol. The summed E-state index contributed by atoms with van der Waals surface area (Å²) >= 11 is 0.972. The molecule has 7 heteroatoms. The van der Waals surface area contributed by atoms with E-state index < -0.39 is 17.9 Å². The van der Waals surface area contributed by atoms with Crippen molar-refractivity contribution in [1.82, 2.24) is 14.9 Å². The maximum atomic E-state index is 11.8. The molecule has 0 aromatic carbocycles. The van der Waals surface area contributed by atoms with Crippen LogP contribution in [0.1, 0.15) is 43.1 Å². The van der Waals surface area contributed by atoms with Crippen molar-refractivity contribution in [2.75, 3.05) is 0 Å². The highest BCUT2D eigenvalue weighted by atomic mass is 32.1. The number of aromatic nitrogens is 2. The van der Waals surface area contributed by atoms with Gasteiger partial charge in [0.2, 0.25) is 0 Å². The van der Waals surface area contributed by atoms with Crippen LogP contribution in [0.3, 0.4) is 0 Å². The fourth-order valence-electron chi connectivity index (χ4n) is 1.15. The minimum atomic E-state index is -1.08. The maximum absolute atomic E-state index is 11.8. The number of rotatable bonds is 3. The molecule has 1 aromatic rings. The Bertz CT molecular complexity index is 436. The summed E-state index contributed by atoms with van der Waals surface area (Å²) in [5.74, 6) is -1.52. The van der Waals surface area contributed by atoms with Crippen LogP contribution in [0.25, 0.3) is 0 Å². The van der Waals surface area contributed by atoms with E-state index in [0.717, 1.165) is 11.5 Å². The summed E-state index contributed by atoms with van der Waals surface area (Å²) in [6.45, 7) is 7.16. The Hall–Kier alpha value is -1.50. The molecule has 1 rings (SSSR count). The Labute approximate surface area is 103 Å². The molecule has 0 saturated heterocycles. The van der Waals surface area contributed by atoms with Gasteiger partial charge < -0.3 is 10.4 Å². The lowest BCUT2D eigenvalue weighted by molar-refractivity contribution is -0.138. The van der Waals surface area contributed by atoms with E-state index in [1.165, 1.54) is 6.92 Å². The third kappa shape index (κ3) is 3.23. The zero-order valence-corrected chi connectivity index (χ0v) is 11.0. The third-order valence-electron chi connectivity index (χ3n) is 2.12. The van der Waals surface area contributed by atoms with Gasteiger partial charge in [-0.1, -0.05) is 25.3 Å². The van der Waals surface area contributed by atoms with Crippen molar-refractivity contribution >= 4 is 23.4 Å². The lowest BCUT2D eigenvalue weighted by Crippen LogP contribution is -2.38. The fourth-order valence-corrected chi connectivity index (χ4v) is 1.93. The fraction of sp³-hybridized carbons (Fsp3) is 0.600. The van der Waals surface area contributed by atoms with Crippen molar-refractivity contribution in [2.45, 2.75) is 39.2 Å². The summed E-state index contributed by atoms with van der Waals surface area (Å²) in [4.78, 5) is 22.9. The molecule has 1 atom stereocenters. The van der Waals surface area contributed by atoms with Crippen LogP contribution in [-0.2, 0) is 10.2 Å². The first-order valence-electron chi connectivity index (χ1n) is 5.10. The van der Waals surface area contributed by atoms with Crippen LogP contribution >= 0.6 is 11.5 Å². The minimum Gasteiger partial charge on any atom is -0.480 e. The predicted molar refractivity (Wildman–Crippen MR) is 63.2 cm³/mol. The zero-order valence-electron chi connectivity index (χ0n) is 10.1. The van der Waals surface area contributed by atoms with Crippen LogP contribution < -0.4 is 5.32 Å². The van der Waals surface area contributed by atoms with Crippen LogP contribution in [0.5, 0.6) is 0 Å². The van der Waals surface area contributed by atoms with Gasteiger partial charge in [0.05, 0.1) is 5.69 Å². The number of carbonyl (C=O) groups excluding carboxylic acids is 1. The van der Waals surface area contributed by atoms with Crippen LogP contribution in [-0.4, -0.2) is 32.6 Å². The molecule has 0 aliphatic rings. The first kappa shape index (κ1) is 13.6. The molecule has 1 amide bonds. The second-order valence-electron chi connectivity index (χ2n) is 4.73. The molecule has 1 heterocycles. The molecule has 0 saturated carbocycles. The van der Waals surface area contributed by atoms with Gasteiger partial charge >= 0.3 is 5.97 Å². The maximum Gasteiger partial charge on any atom is 0.325 e. The van der Waals surface area contributed by atoms with E-state index in [9.17, 15) is 9.59 Å². The Morgan fingerprint density at radius 1 is 1.41 bits per heavy atom. The molecule has 2 N–H and O–H groups in total. The smallest absolute Gasteiger partial charge is 0.325 e. The normalized spacial score (nSPS) is 13.2. The Morgan fingerprint density at radius 2 is 2.00 bits per heavy atom. The SMILES string of the molecule is C[C@@H](NC(=O)c1snnc1C(C)(C)C)C(=O)O. The summed E-state index contributed by atoms with van der Waals surface area (Å²) in [6, 6.07) is -0.933. The number of carbonyl (C=O) groups is 2. The summed E-state index contributed by atoms with van der Waals surface area (Å²) in [6.07, 6.45) is 0. The number of nitrogens with zero attached hydrogens (tertiary/aromatic N) is 2. The van der Waals surface area contributed by atoms with Gasteiger partial charge in [-0.05, 0) is 18.5 Å². The van der Waals surface area contributed by atoms with Crippen molar-refractivity contribution < 1.29 is 14.7 Å². The first-order chi connectivity index (χ1) is 7.73. The summed E-state index contributed by atoms with van der Waals surface area (Å²) in [7, 11) is 0. The molecule has 94 valence electrons. The molecule has 1 aromatic heterocycles. The van der Waals surface area contributed by atoms with Gasteiger partial charge in [0.1, 0.15) is 10.9 Å². The van der Waals surface area contributed by atoms with E-state index in [2.05, 4.69) is 14.9 Å². The van der Waals surface area contributed by atoms with E-state index in [0.29, 0.717) is 10.6 Å². The second kappa shape index (κ2) is 4.79. The Morgan fingerprint density at radius 3 is 2.47 bits per heavy atom. The number of aliphatic carboxylic acids is 1. The highest BCUT2D eigenvalue weighted by Crippen LogP contribution is 2.25. The average molecular weight is 257 g/mol. The van der Waals surface area contributed by atoms with E-state index in [1.54, 1.807) is 0 Å². The number of hydrogen-bond donors (Lipinski definition) is 2. The number of hydrogen-bond acceptors (Lipinski definition) is 5. The van der Waals surface area contributed by atoms with Crippen molar-refractivity contribution in [3.8, 4) is 0 Å². The standard InChI is InChI=1S/C10H15N3O3S/c1-5(9(15)16)11-8(14)6-7(10(2,3)4)12-13-17-6/h5H,1-4H3,(H,11,14)(H,15,16)/t5-/m1/s1. The zero-order chi connectivity index (χ0) is 13.2. The summed E-state index contributed by atoms with van der Waals surface area (Å²) < 4.78 is 3.75. The van der Waals surface area contributed by atoms with E-state index in [4.69, 9.17) is 5.11 Å². The molecule has 0 bridgehead atoms. The van der Waals surface area contributed by atoms with Crippen LogP contribution in [0.4, 0.5) is 0 Å².